The van der Waals surface area contributed by atoms with Crippen LogP contribution in [0.1, 0.15) is 26.3 Å². The first-order valence-electron chi connectivity index (χ1n) is 10.8. The molecule has 0 heterocycles. The lowest BCUT2D eigenvalue weighted by Crippen LogP contribution is -2.49. The second-order valence-electron chi connectivity index (χ2n) is 7.78. The second-order valence-corrected chi connectivity index (χ2v) is 7.78. The molecule has 2 atom stereocenters. The predicted molar refractivity (Wildman–Crippen MR) is 128 cm³/mol. The monoisotopic (exact) mass is 493 g/mol. The van der Waals surface area contributed by atoms with Gasteiger partial charge in [-0.3, -0.25) is 10.1 Å². The molecule has 0 spiro atoms. The van der Waals surface area contributed by atoms with E-state index in [-0.39, 0.29) is 24.8 Å². The van der Waals surface area contributed by atoms with Gasteiger partial charge in [0.1, 0.15) is 11.9 Å². The van der Waals surface area contributed by atoms with Crippen LogP contribution in [0.5, 0.6) is 5.75 Å². The van der Waals surface area contributed by atoms with Gasteiger partial charge < -0.3 is 20.0 Å². The van der Waals surface area contributed by atoms with Crippen LogP contribution in [0.25, 0.3) is 0 Å². The summed E-state index contributed by atoms with van der Waals surface area (Å²) in [6.07, 6.45) is -0.996. The minimum Gasteiger partial charge on any atom is -0.435 e. The fourth-order valence-corrected chi connectivity index (χ4v) is 3.09. The summed E-state index contributed by atoms with van der Waals surface area (Å²) < 4.78 is 18.3. The Morgan fingerprint density at radius 3 is 2.24 bits per heavy atom. The molecule has 0 amide bonds. The summed E-state index contributed by atoms with van der Waals surface area (Å²) in [4.78, 5) is 28.4. The van der Waals surface area contributed by atoms with Crippen molar-refractivity contribution >= 4 is 24.4 Å². The molecule has 2 rings (SSSR count). The lowest BCUT2D eigenvalue weighted by atomic mass is 10.0. The third kappa shape index (κ3) is 10.6. The number of nitro benzene ring substituents is 1. The Bertz CT molecular complexity index is 869. The van der Waals surface area contributed by atoms with E-state index < -0.39 is 23.2 Å². The molecular weight excluding hydrogens is 462 g/mol. The van der Waals surface area contributed by atoms with Crippen LogP contribution in [0, 0.1) is 16.0 Å². The smallest absolute Gasteiger partial charge is 0.435 e. The highest BCUT2D eigenvalue weighted by Crippen LogP contribution is 2.20. The topological polar surface area (TPSA) is 134 Å². The van der Waals surface area contributed by atoms with E-state index in [0.717, 1.165) is 5.56 Å². The molecule has 34 heavy (non-hydrogen) atoms. The zero-order valence-electron chi connectivity index (χ0n) is 19.5. The summed E-state index contributed by atoms with van der Waals surface area (Å²) in [6, 6.07) is 15.0. The minimum absolute atomic E-state index is 0.0267. The number of carbonyl (C=O) groups is 1. The number of nitro groups is 1. The Labute approximate surface area is 204 Å². The molecule has 0 aliphatic heterocycles. The molecule has 186 valence electrons. The van der Waals surface area contributed by atoms with Crippen molar-refractivity contribution in [3.8, 4) is 5.75 Å². The second kappa shape index (κ2) is 15.6. The summed E-state index contributed by atoms with van der Waals surface area (Å²) in [5.41, 5.74) is 7.42. The highest BCUT2D eigenvalue weighted by Gasteiger charge is 2.27. The number of benzene rings is 2. The van der Waals surface area contributed by atoms with Crippen molar-refractivity contribution in [2.24, 2.45) is 11.7 Å². The fraction of sp³-hybridized carbons (Fsp3) is 0.435. The number of hydrogen-bond donors (Lipinski definition) is 1. The highest BCUT2D eigenvalue weighted by atomic mass is 32.1. The molecular formula is C23H31N3O7S. The number of ether oxygens (including phenoxy) is 2. The van der Waals surface area contributed by atoms with Crippen LogP contribution in [0.4, 0.5) is 10.5 Å². The SMILES string of the molecule is CCOC(=O)O[C@H](CN(CC(C)C)Oc1ccc([N+](=O)[O-])cc1)[C@@H](N)Cc1ccccc1.O=S. The number of hydrogen-bond acceptors (Lipinski definition) is 10. The van der Waals surface area contributed by atoms with Crippen molar-refractivity contribution in [1.82, 2.24) is 5.06 Å². The molecule has 0 unspecified atom stereocenters. The average Bonchev–Trinajstić information content (AvgIpc) is 2.80. The number of rotatable bonds is 12. The Morgan fingerprint density at radius 1 is 1.09 bits per heavy atom. The van der Waals surface area contributed by atoms with Crippen LogP contribution in [-0.4, -0.2) is 52.2 Å². The first-order chi connectivity index (χ1) is 16.3. The van der Waals surface area contributed by atoms with Gasteiger partial charge >= 0.3 is 6.16 Å². The lowest BCUT2D eigenvalue weighted by Gasteiger charge is -2.30. The zero-order chi connectivity index (χ0) is 25.5. The van der Waals surface area contributed by atoms with Crippen LogP contribution >= 0.6 is 0 Å². The van der Waals surface area contributed by atoms with Crippen LogP contribution in [-0.2, 0) is 28.4 Å². The third-order valence-corrected chi connectivity index (χ3v) is 4.54. The number of non-ortho nitro benzene ring substituents is 1. The average molecular weight is 494 g/mol. The van der Waals surface area contributed by atoms with Gasteiger partial charge in [0.15, 0.2) is 12.5 Å². The molecule has 2 N–H and O–H groups in total. The van der Waals surface area contributed by atoms with Gasteiger partial charge in [0.25, 0.3) is 5.69 Å². The summed E-state index contributed by atoms with van der Waals surface area (Å²) in [5.74, 6) is 0.671. The van der Waals surface area contributed by atoms with Gasteiger partial charge in [-0.25, -0.2) is 4.79 Å². The van der Waals surface area contributed by atoms with E-state index in [1.165, 1.54) is 24.3 Å². The number of nitrogens with two attached hydrogens (primary N) is 1. The number of hydroxylamine groups is 2. The van der Waals surface area contributed by atoms with Crippen LogP contribution < -0.4 is 10.6 Å². The highest BCUT2D eigenvalue weighted by molar-refractivity contribution is 7.44. The van der Waals surface area contributed by atoms with E-state index in [4.69, 9.17) is 24.3 Å². The van der Waals surface area contributed by atoms with Crippen molar-refractivity contribution < 1.29 is 28.2 Å². The quantitative estimate of drug-likeness (QED) is 0.265. The van der Waals surface area contributed by atoms with Gasteiger partial charge in [-0.1, -0.05) is 44.2 Å². The Morgan fingerprint density at radius 2 is 1.71 bits per heavy atom. The maximum Gasteiger partial charge on any atom is 0.508 e. The summed E-state index contributed by atoms with van der Waals surface area (Å²) in [7, 11) is 0. The van der Waals surface area contributed by atoms with Crippen molar-refractivity contribution in [3.05, 3.63) is 70.3 Å². The first kappa shape index (κ1) is 28.9. The van der Waals surface area contributed by atoms with E-state index in [1.54, 1.807) is 12.0 Å². The zero-order valence-corrected chi connectivity index (χ0v) is 20.3. The van der Waals surface area contributed by atoms with Crippen molar-refractivity contribution in [3.63, 3.8) is 0 Å². The van der Waals surface area contributed by atoms with E-state index in [1.807, 2.05) is 44.2 Å². The summed E-state index contributed by atoms with van der Waals surface area (Å²) in [6.45, 7) is 6.66. The van der Waals surface area contributed by atoms with E-state index in [2.05, 4.69) is 12.5 Å². The fourth-order valence-electron chi connectivity index (χ4n) is 3.09. The summed E-state index contributed by atoms with van der Waals surface area (Å²) in [5, 5.41) is 12.5. The van der Waals surface area contributed by atoms with Gasteiger partial charge in [-0.05, 0) is 37.0 Å². The molecule has 0 radical (unpaired) electrons. The standard InChI is InChI=1S/C23H31N3O6.OS/c1-4-30-23(27)31-22(21(24)14-18-8-6-5-7-9-18)16-25(15-17(2)3)32-20-12-10-19(11-13-20)26(28)29;1-2/h5-13,17,21-22H,4,14-16,24H2,1-3H3;/t21-,22+;/m0./s1. The van der Waals surface area contributed by atoms with E-state index in [0.29, 0.717) is 18.7 Å². The maximum atomic E-state index is 12.1. The van der Waals surface area contributed by atoms with E-state index >= 15 is 0 Å². The van der Waals surface area contributed by atoms with Gasteiger partial charge in [0, 0.05) is 24.7 Å². The predicted octanol–water partition coefficient (Wildman–Crippen LogP) is 3.62. The van der Waals surface area contributed by atoms with Gasteiger partial charge in [-0.2, -0.15) is 4.21 Å². The van der Waals surface area contributed by atoms with Crippen LogP contribution in [0.2, 0.25) is 0 Å². The number of carbonyl (C=O) groups excluding carboxylic acids is 1. The Balaban J connectivity index is 0.00000281. The van der Waals surface area contributed by atoms with Crippen molar-refractivity contribution in [1.29, 1.82) is 0 Å². The van der Waals surface area contributed by atoms with Crippen LogP contribution in [0.3, 0.4) is 0 Å². The molecule has 0 aliphatic carbocycles. The first-order valence-corrected chi connectivity index (χ1v) is 11.1. The molecule has 0 fully saturated rings. The van der Waals surface area contributed by atoms with Crippen LogP contribution in [0.15, 0.2) is 54.6 Å². The molecule has 0 bridgehead atoms. The number of nitrogens with zero attached hydrogens (tertiary/aromatic N) is 2. The van der Waals surface area contributed by atoms with Gasteiger partial charge in [0.05, 0.1) is 18.1 Å². The van der Waals surface area contributed by atoms with Gasteiger partial charge in [0.2, 0.25) is 0 Å². The largest absolute Gasteiger partial charge is 0.508 e. The molecule has 10 nitrogen and oxygen atoms in total. The van der Waals surface area contributed by atoms with Crippen molar-refractivity contribution in [2.45, 2.75) is 39.3 Å². The molecule has 0 saturated heterocycles. The third-order valence-electron chi connectivity index (χ3n) is 4.54. The molecule has 2 aromatic rings. The summed E-state index contributed by atoms with van der Waals surface area (Å²) >= 11 is 2.83. The van der Waals surface area contributed by atoms with Gasteiger partial charge in [-0.15, -0.1) is 5.06 Å². The lowest BCUT2D eigenvalue weighted by molar-refractivity contribution is -0.384. The minimum atomic E-state index is -0.791. The van der Waals surface area contributed by atoms with Crippen molar-refractivity contribution in [2.75, 3.05) is 19.7 Å². The Hall–Kier alpha value is -3.15. The molecule has 2 aromatic carbocycles. The van der Waals surface area contributed by atoms with E-state index in [9.17, 15) is 14.9 Å². The molecule has 0 saturated carbocycles. The maximum absolute atomic E-state index is 12.1. The Kier molecular flexibility index (Phi) is 13.3. The molecule has 0 aromatic heterocycles. The molecule has 11 heteroatoms. The normalized spacial score (nSPS) is 12.3. The molecule has 0 aliphatic rings.